The second kappa shape index (κ2) is 5.72. The number of ether oxygens (including phenoxy) is 1. The van der Waals surface area contributed by atoms with E-state index in [2.05, 4.69) is 0 Å². The normalized spacial score (nSPS) is 33.8. The van der Waals surface area contributed by atoms with Gasteiger partial charge in [-0.15, -0.1) is 0 Å². The van der Waals surface area contributed by atoms with Gasteiger partial charge in [0.25, 0.3) is 0 Å². The smallest absolute Gasteiger partial charge is 0.306 e. The summed E-state index contributed by atoms with van der Waals surface area (Å²) in [5, 5.41) is 9.13. The molecule has 2 rings (SSSR count). The summed E-state index contributed by atoms with van der Waals surface area (Å²) in [6.07, 6.45) is 2.86. The second-order valence-electron chi connectivity index (χ2n) is 6.81. The van der Waals surface area contributed by atoms with E-state index < -0.39 is 5.97 Å². The minimum atomic E-state index is -0.766. The molecule has 0 unspecified atom stereocenters. The average Bonchev–Trinajstić information content (AvgIpc) is 2.35. The number of hydrogen-bond acceptors (Lipinski definition) is 3. The van der Waals surface area contributed by atoms with Crippen LogP contribution in [-0.4, -0.2) is 46.7 Å². The molecule has 20 heavy (non-hydrogen) atoms. The standard InChI is InChI=1S/C15H25NO4/c1-10-8-16(9-15(2,3)20-10)13(17)11-5-4-6-12(7-11)14(18)19/h10-12H,4-9H2,1-3H3,(H,18,19)/t10-,11-,12+/m1/s1. The van der Waals surface area contributed by atoms with Crippen LogP contribution in [0.4, 0.5) is 0 Å². The highest BCUT2D eigenvalue weighted by atomic mass is 16.5. The van der Waals surface area contributed by atoms with Crippen LogP contribution in [0, 0.1) is 11.8 Å². The van der Waals surface area contributed by atoms with Gasteiger partial charge in [0.1, 0.15) is 0 Å². The molecule has 0 aromatic rings. The molecule has 2 fully saturated rings. The SMILES string of the molecule is C[C@@H]1CN(C(=O)[C@@H]2CCC[C@H](C(=O)O)C2)CC(C)(C)O1. The zero-order valence-corrected chi connectivity index (χ0v) is 12.6. The molecule has 1 heterocycles. The van der Waals surface area contributed by atoms with Gasteiger partial charge in [0, 0.05) is 19.0 Å². The van der Waals surface area contributed by atoms with E-state index in [-0.39, 0.29) is 29.4 Å². The van der Waals surface area contributed by atoms with Crippen LogP contribution in [0.2, 0.25) is 0 Å². The summed E-state index contributed by atoms with van der Waals surface area (Å²) in [4.78, 5) is 25.6. The molecule has 2 aliphatic rings. The fourth-order valence-corrected chi connectivity index (χ4v) is 3.52. The third-order valence-electron chi connectivity index (χ3n) is 4.25. The summed E-state index contributed by atoms with van der Waals surface area (Å²) in [6.45, 7) is 7.15. The number of carboxylic acids is 1. The Hall–Kier alpha value is -1.10. The molecule has 0 bridgehead atoms. The molecule has 1 aliphatic carbocycles. The lowest BCUT2D eigenvalue weighted by Gasteiger charge is -2.43. The highest BCUT2D eigenvalue weighted by Crippen LogP contribution is 2.32. The lowest BCUT2D eigenvalue weighted by atomic mass is 9.80. The van der Waals surface area contributed by atoms with Crippen molar-refractivity contribution in [1.29, 1.82) is 0 Å². The van der Waals surface area contributed by atoms with Crippen LogP contribution in [0.15, 0.2) is 0 Å². The van der Waals surface area contributed by atoms with Crippen molar-refractivity contribution in [2.75, 3.05) is 13.1 Å². The summed E-state index contributed by atoms with van der Waals surface area (Å²) in [7, 11) is 0. The van der Waals surface area contributed by atoms with Gasteiger partial charge in [0.15, 0.2) is 0 Å². The number of carbonyl (C=O) groups excluding carboxylic acids is 1. The van der Waals surface area contributed by atoms with E-state index >= 15 is 0 Å². The number of carbonyl (C=O) groups is 2. The van der Waals surface area contributed by atoms with Crippen LogP contribution in [0.3, 0.4) is 0 Å². The average molecular weight is 283 g/mol. The van der Waals surface area contributed by atoms with Gasteiger partial charge < -0.3 is 14.7 Å². The van der Waals surface area contributed by atoms with Gasteiger partial charge >= 0.3 is 5.97 Å². The van der Waals surface area contributed by atoms with Crippen LogP contribution in [0.5, 0.6) is 0 Å². The third kappa shape index (κ3) is 3.51. The van der Waals surface area contributed by atoms with Gasteiger partial charge in [-0.05, 0) is 40.0 Å². The first-order valence-corrected chi connectivity index (χ1v) is 7.48. The Kier molecular flexibility index (Phi) is 4.37. The van der Waals surface area contributed by atoms with E-state index in [9.17, 15) is 9.59 Å². The van der Waals surface area contributed by atoms with Crippen molar-refractivity contribution in [3.63, 3.8) is 0 Å². The molecule has 3 atom stereocenters. The van der Waals surface area contributed by atoms with E-state index in [0.29, 0.717) is 25.9 Å². The zero-order chi connectivity index (χ0) is 14.9. The Balaban J connectivity index is 2.01. The Morgan fingerprint density at radius 2 is 1.90 bits per heavy atom. The summed E-state index contributed by atoms with van der Waals surface area (Å²) < 4.78 is 5.81. The van der Waals surface area contributed by atoms with Crippen molar-refractivity contribution in [2.24, 2.45) is 11.8 Å². The van der Waals surface area contributed by atoms with Gasteiger partial charge in [0.05, 0.1) is 17.6 Å². The highest BCUT2D eigenvalue weighted by Gasteiger charge is 2.38. The van der Waals surface area contributed by atoms with E-state index in [4.69, 9.17) is 9.84 Å². The second-order valence-corrected chi connectivity index (χ2v) is 6.81. The Morgan fingerprint density at radius 1 is 1.25 bits per heavy atom. The van der Waals surface area contributed by atoms with Gasteiger partial charge in [-0.3, -0.25) is 9.59 Å². The number of hydrogen-bond donors (Lipinski definition) is 1. The summed E-state index contributed by atoms with van der Waals surface area (Å²) >= 11 is 0. The summed E-state index contributed by atoms with van der Waals surface area (Å²) in [5.41, 5.74) is -0.325. The Bertz CT molecular complexity index is 393. The van der Waals surface area contributed by atoms with Gasteiger partial charge in [-0.2, -0.15) is 0 Å². The number of rotatable bonds is 2. The molecule has 1 saturated heterocycles. The van der Waals surface area contributed by atoms with Crippen LogP contribution in [0.25, 0.3) is 0 Å². The Labute approximate surface area is 120 Å². The minimum absolute atomic E-state index is 0.0292. The first kappa shape index (κ1) is 15.3. The molecular formula is C15H25NO4. The molecule has 0 aromatic heterocycles. The molecule has 1 N–H and O–H groups in total. The molecule has 5 nitrogen and oxygen atoms in total. The van der Waals surface area contributed by atoms with E-state index in [0.717, 1.165) is 12.8 Å². The summed E-state index contributed by atoms with van der Waals surface area (Å²) in [6, 6.07) is 0. The fourth-order valence-electron chi connectivity index (χ4n) is 3.52. The van der Waals surface area contributed by atoms with Crippen LogP contribution in [-0.2, 0) is 14.3 Å². The number of aliphatic carboxylic acids is 1. The molecule has 1 saturated carbocycles. The topological polar surface area (TPSA) is 66.8 Å². The zero-order valence-electron chi connectivity index (χ0n) is 12.6. The molecule has 114 valence electrons. The van der Waals surface area contributed by atoms with Gasteiger partial charge in [0.2, 0.25) is 5.91 Å². The highest BCUT2D eigenvalue weighted by molar-refractivity contribution is 5.80. The first-order chi connectivity index (χ1) is 9.28. The van der Waals surface area contributed by atoms with Crippen molar-refractivity contribution in [1.82, 2.24) is 4.90 Å². The van der Waals surface area contributed by atoms with Crippen molar-refractivity contribution in [3.05, 3.63) is 0 Å². The fraction of sp³-hybridized carbons (Fsp3) is 0.867. The summed E-state index contributed by atoms with van der Waals surface area (Å²) in [5.74, 6) is -1.15. The molecule has 1 aliphatic heterocycles. The lowest BCUT2D eigenvalue weighted by Crippen LogP contribution is -2.55. The van der Waals surface area contributed by atoms with Crippen molar-refractivity contribution < 1.29 is 19.4 Å². The van der Waals surface area contributed by atoms with Crippen LogP contribution >= 0.6 is 0 Å². The number of amides is 1. The largest absolute Gasteiger partial charge is 0.481 e. The Morgan fingerprint density at radius 3 is 2.50 bits per heavy atom. The maximum atomic E-state index is 12.6. The first-order valence-electron chi connectivity index (χ1n) is 7.48. The molecule has 0 aromatic carbocycles. The quantitative estimate of drug-likeness (QED) is 0.840. The molecule has 0 spiro atoms. The predicted octanol–water partition coefficient (Wildman–Crippen LogP) is 1.90. The minimum Gasteiger partial charge on any atom is -0.481 e. The maximum Gasteiger partial charge on any atom is 0.306 e. The van der Waals surface area contributed by atoms with Crippen LogP contribution in [0.1, 0.15) is 46.5 Å². The van der Waals surface area contributed by atoms with Crippen LogP contribution < -0.4 is 0 Å². The number of carboxylic acid groups (broad SMARTS) is 1. The predicted molar refractivity (Wildman–Crippen MR) is 74.3 cm³/mol. The van der Waals surface area contributed by atoms with E-state index in [1.165, 1.54) is 0 Å². The third-order valence-corrected chi connectivity index (χ3v) is 4.25. The monoisotopic (exact) mass is 283 g/mol. The molecule has 1 amide bonds. The number of nitrogens with zero attached hydrogens (tertiary/aromatic N) is 1. The number of morpholine rings is 1. The molecule has 0 radical (unpaired) electrons. The van der Waals surface area contributed by atoms with Crippen molar-refractivity contribution >= 4 is 11.9 Å². The van der Waals surface area contributed by atoms with E-state index in [1.807, 2.05) is 25.7 Å². The molecule has 5 heteroatoms. The van der Waals surface area contributed by atoms with Gasteiger partial charge in [-0.25, -0.2) is 0 Å². The molecular weight excluding hydrogens is 258 g/mol. The van der Waals surface area contributed by atoms with Gasteiger partial charge in [-0.1, -0.05) is 6.42 Å². The lowest BCUT2D eigenvalue weighted by molar-refractivity contribution is -0.163. The maximum absolute atomic E-state index is 12.6. The van der Waals surface area contributed by atoms with Crippen molar-refractivity contribution in [2.45, 2.75) is 58.2 Å². The van der Waals surface area contributed by atoms with Crippen molar-refractivity contribution in [3.8, 4) is 0 Å². The van der Waals surface area contributed by atoms with E-state index in [1.54, 1.807) is 0 Å².